The van der Waals surface area contributed by atoms with Gasteiger partial charge in [0.15, 0.2) is 0 Å². The third-order valence-corrected chi connectivity index (χ3v) is 8.81. The number of nitrogens with one attached hydrogen (secondary N) is 1. The number of benzene rings is 2. The lowest BCUT2D eigenvalue weighted by Gasteiger charge is -2.14. The number of carbonyl (C=O) groups is 1. The third-order valence-electron chi connectivity index (χ3n) is 7.54. The predicted molar refractivity (Wildman–Crippen MR) is 159 cm³/mol. The van der Waals surface area contributed by atoms with Crippen LogP contribution in [0.15, 0.2) is 47.5 Å². The number of aryl methyl sites for hydroxylation is 4. The Hall–Kier alpha value is -4.04. The minimum absolute atomic E-state index is 0.0704. The summed E-state index contributed by atoms with van der Waals surface area (Å²) in [6.45, 7) is 9.69. The molecule has 5 rings (SSSR count). The first-order valence-corrected chi connectivity index (χ1v) is 14.0. The smallest absolute Gasteiger partial charge is 0.274 e. The van der Waals surface area contributed by atoms with E-state index >= 15 is 0 Å². The highest BCUT2D eigenvalue weighted by atomic mass is 32.1. The molecule has 1 aliphatic rings. The summed E-state index contributed by atoms with van der Waals surface area (Å²) in [6, 6.07) is 13.3. The number of thiophene rings is 1. The van der Waals surface area contributed by atoms with Gasteiger partial charge in [0.1, 0.15) is 5.00 Å². The van der Waals surface area contributed by atoms with Crippen LogP contribution in [0.1, 0.15) is 67.3 Å². The Morgan fingerprint density at radius 2 is 1.77 bits per heavy atom. The van der Waals surface area contributed by atoms with E-state index in [1.54, 1.807) is 24.5 Å². The number of nitro groups is 1. The Kier molecular flexibility index (Phi) is 7.23. The minimum Gasteiger partial charge on any atom is -0.322 e. The van der Waals surface area contributed by atoms with Gasteiger partial charge in [0, 0.05) is 45.4 Å². The van der Waals surface area contributed by atoms with Crippen molar-refractivity contribution in [1.82, 2.24) is 4.57 Å². The largest absolute Gasteiger partial charge is 0.322 e. The summed E-state index contributed by atoms with van der Waals surface area (Å²) in [5, 5.41) is 15.5. The highest BCUT2D eigenvalue weighted by Gasteiger charge is 2.28. The SMILES string of the molecule is Cc1ccc(NC(=O)c2c(-n3c(C)cc(C=Nc4cc(C)c(C)c([N+](=O)[O-])c4)c3C)sc3c2CCCC3)cc1. The molecule has 39 heavy (non-hydrogen) atoms. The molecule has 0 bridgehead atoms. The van der Waals surface area contributed by atoms with E-state index in [4.69, 9.17) is 0 Å². The van der Waals surface area contributed by atoms with E-state index in [-0.39, 0.29) is 16.5 Å². The average Bonchev–Trinajstić information content (AvgIpc) is 3.41. The maximum absolute atomic E-state index is 13.7. The second kappa shape index (κ2) is 10.6. The monoisotopic (exact) mass is 540 g/mol. The van der Waals surface area contributed by atoms with Crippen LogP contribution in [0.5, 0.6) is 0 Å². The number of hydrogen-bond acceptors (Lipinski definition) is 5. The van der Waals surface area contributed by atoms with Crippen LogP contribution < -0.4 is 5.32 Å². The van der Waals surface area contributed by atoms with Gasteiger partial charge in [-0.3, -0.25) is 19.9 Å². The number of fused-ring (bicyclic) bond motifs is 1. The number of hydrogen-bond donors (Lipinski definition) is 1. The topological polar surface area (TPSA) is 89.5 Å². The zero-order chi connectivity index (χ0) is 27.8. The number of rotatable bonds is 6. The van der Waals surface area contributed by atoms with Crippen molar-refractivity contribution in [3.05, 3.63) is 102 Å². The molecule has 0 fully saturated rings. The lowest BCUT2D eigenvalue weighted by Crippen LogP contribution is -2.17. The zero-order valence-corrected chi connectivity index (χ0v) is 23.7. The number of anilines is 1. The first kappa shape index (κ1) is 26.6. The molecule has 2 aromatic heterocycles. The molecule has 7 nitrogen and oxygen atoms in total. The lowest BCUT2D eigenvalue weighted by molar-refractivity contribution is -0.385. The van der Waals surface area contributed by atoms with Gasteiger partial charge in [-0.2, -0.15) is 0 Å². The number of aliphatic imine (C=N–C) groups is 1. The van der Waals surface area contributed by atoms with Gasteiger partial charge in [-0.1, -0.05) is 17.7 Å². The molecule has 0 saturated carbocycles. The second-order valence-electron chi connectivity index (χ2n) is 10.3. The Labute approximate surface area is 232 Å². The van der Waals surface area contributed by atoms with Gasteiger partial charge in [0.05, 0.1) is 16.2 Å². The molecule has 2 heterocycles. The molecule has 0 atom stereocenters. The Morgan fingerprint density at radius 3 is 2.49 bits per heavy atom. The van der Waals surface area contributed by atoms with Crippen molar-refractivity contribution < 1.29 is 9.72 Å². The van der Waals surface area contributed by atoms with Crippen molar-refractivity contribution >= 4 is 40.5 Å². The maximum atomic E-state index is 13.7. The molecule has 1 N–H and O–H groups in total. The number of aromatic nitrogens is 1. The molecular weight excluding hydrogens is 508 g/mol. The van der Waals surface area contributed by atoms with Gasteiger partial charge in [-0.15, -0.1) is 11.3 Å². The first-order valence-electron chi connectivity index (χ1n) is 13.2. The standard InChI is InChI=1S/C31H32N4O3S/c1-18-10-12-24(13-11-18)33-30(36)29-26-8-6-7-9-28(26)39-31(29)34-20(3)15-23(22(34)5)17-32-25-14-19(2)21(4)27(16-25)35(37)38/h10-17H,6-9H2,1-5H3,(H,33,36). The first-order chi connectivity index (χ1) is 18.6. The van der Waals surface area contributed by atoms with Crippen LogP contribution in [0.4, 0.5) is 17.1 Å². The quantitative estimate of drug-likeness (QED) is 0.153. The van der Waals surface area contributed by atoms with E-state index in [9.17, 15) is 14.9 Å². The fourth-order valence-corrected chi connectivity index (χ4v) is 6.73. The van der Waals surface area contributed by atoms with Gasteiger partial charge < -0.3 is 9.88 Å². The minimum atomic E-state index is -0.366. The normalized spacial score (nSPS) is 13.1. The zero-order valence-electron chi connectivity index (χ0n) is 22.9. The lowest BCUT2D eigenvalue weighted by atomic mass is 9.95. The molecule has 1 amide bonds. The molecule has 0 spiro atoms. The molecule has 0 radical (unpaired) electrons. The highest BCUT2D eigenvalue weighted by molar-refractivity contribution is 7.15. The summed E-state index contributed by atoms with van der Waals surface area (Å²) in [7, 11) is 0. The molecule has 0 saturated heterocycles. The molecular formula is C31H32N4O3S. The van der Waals surface area contributed by atoms with Crippen molar-refractivity contribution in [2.24, 2.45) is 4.99 Å². The second-order valence-corrected chi connectivity index (χ2v) is 11.4. The molecule has 1 aliphatic carbocycles. The van der Waals surface area contributed by atoms with E-state index in [2.05, 4.69) is 20.9 Å². The average molecular weight is 541 g/mol. The van der Waals surface area contributed by atoms with Crippen LogP contribution >= 0.6 is 11.3 Å². The van der Waals surface area contributed by atoms with Crippen molar-refractivity contribution in [3.8, 4) is 5.00 Å². The molecule has 0 aliphatic heterocycles. The van der Waals surface area contributed by atoms with Gasteiger partial charge >= 0.3 is 0 Å². The van der Waals surface area contributed by atoms with E-state index < -0.39 is 0 Å². The number of amides is 1. The summed E-state index contributed by atoms with van der Waals surface area (Å²) in [5.41, 5.74) is 8.81. The van der Waals surface area contributed by atoms with E-state index in [0.29, 0.717) is 11.3 Å². The van der Waals surface area contributed by atoms with Crippen LogP contribution in [-0.2, 0) is 12.8 Å². The highest BCUT2D eigenvalue weighted by Crippen LogP contribution is 2.39. The van der Waals surface area contributed by atoms with E-state index in [1.165, 1.54) is 10.9 Å². The summed E-state index contributed by atoms with van der Waals surface area (Å²) >= 11 is 1.70. The van der Waals surface area contributed by atoms with Crippen LogP contribution in [0.25, 0.3) is 5.00 Å². The summed E-state index contributed by atoms with van der Waals surface area (Å²) < 4.78 is 2.15. The predicted octanol–water partition coefficient (Wildman–Crippen LogP) is 7.87. The molecule has 8 heteroatoms. The number of nitrogens with zero attached hydrogens (tertiary/aromatic N) is 3. The fraction of sp³-hybridized carbons (Fsp3) is 0.290. The van der Waals surface area contributed by atoms with Gasteiger partial charge in [0.2, 0.25) is 0 Å². The van der Waals surface area contributed by atoms with Crippen molar-refractivity contribution in [1.29, 1.82) is 0 Å². The number of nitro benzene ring substituents is 1. The summed E-state index contributed by atoms with van der Waals surface area (Å²) in [5.74, 6) is -0.0848. The summed E-state index contributed by atoms with van der Waals surface area (Å²) in [4.78, 5) is 30.7. The van der Waals surface area contributed by atoms with Crippen LogP contribution in [0.2, 0.25) is 0 Å². The molecule has 0 unspecified atom stereocenters. The number of carbonyl (C=O) groups excluding carboxylic acids is 1. The third kappa shape index (κ3) is 5.16. The van der Waals surface area contributed by atoms with Gasteiger partial charge in [-0.05, 0) is 95.7 Å². The van der Waals surface area contributed by atoms with Crippen molar-refractivity contribution in [2.45, 2.75) is 60.3 Å². The molecule has 2 aromatic carbocycles. The molecule has 200 valence electrons. The maximum Gasteiger partial charge on any atom is 0.274 e. The Bertz CT molecular complexity index is 1630. The fourth-order valence-electron chi connectivity index (χ4n) is 5.23. The van der Waals surface area contributed by atoms with Crippen LogP contribution in [-0.4, -0.2) is 21.6 Å². The van der Waals surface area contributed by atoms with Crippen molar-refractivity contribution in [2.75, 3.05) is 5.32 Å². The van der Waals surface area contributed by atoms with E-state index in [1.807, 2.05) is 58.0 Å². The Balaban J connectivity index is 1.54. The summed E-state index contributed by atoms with van der Waals surface area (Å²) in [6.07, 6.45) is 5.87. The Morgan fingerprint density at radius 1 is 1.05 bits per heavy atom. The van der Waals surface area contributed by atoms with Crippen LogP contribution in [0, 0.1) is 44.7 Å². The van der Waals surface area contributed by atoms with E-state index in [0.717, 1.165) is 75.6 Å². The van der Waals surface area contributed by atoms with Crippen molar-refractivity contribution in [3.63, 3.8) is 0 Å². The van der Waals surface area contributed by atoms with Gasteiger partial charge in [-0.25, -0.2) is 0 Å². The van der Waals surface area contributed by atoms with Crippen LogP contribution in [0.3, 0.4) is 0 Å². The molecule has 4 aromatic rings. The van der Waals surface area contributed by atoms with Gasteiger partial charge in [0.25, 0.3) is 11.6 Å².